The van der Waals surface area contributed by atoms with Gasteiger partial charge in [-0.3, -0.25) is 4.79 Å². The molecule has 1 aromatic carbocycles. The van der Waals surface area contributed by atoms with Crippen molar-refractivity contribution in [1.29, 1.82) is 0 Å². The largest absolute Gasteiger partial charge is 0.443 e. The van der Waals surface area contributed by atoms with Crippen molar-refractivity contribution in [3.63, 3.8) is 0 Å². The molecule has 0 N–H and O–H groups in total. The van der Waals surface area contributed by atoms with Gasteiger partial charge in [0.25, 0.3) is 5.91 Å². The van der Waals surface area contributed by atoms with Gasteiger partial charge in [-0.05, 0) is 55.3 Å². The van der Waals surface area contributed by atoms with Crippen molar-refractivity contribution in [2.24, 2.45) is 0 Å². The van der Waals surface area contributed by atoms with Gasteiger partial charge in [0.15, 0.2) is 0 Å². The van der Waals surface area contributed by atoms with Crippen LogP contribution in [-0.4, -0.2) is 22.5 Å². The van der Waals surface area contributed by atoms with Gasteiger partial charge in [0.2, 0.25) is 0 Å². The van der Waals surface area contributed by atoms with Crippen molar-refractivity contribution in [3.8, 4) is 0 Å². The summed E-state index contributed by atoms with van der Waals surface area (Å²) in [5.41, 5.74) is 0.759. The van der Waals surface area contributed by atoms with Crippen LogP contribution in [-0.2, 0) is 4.74 Å². The van der Waals surface area contributed by atoms with E-state index in [1.807, 2.05) is 19.1 Å². The van der Waals surface area contributed by atoms with E-state index in [1.165, 1.54) is 4.90 Å². The Hall–Kier alpha value is -1.36. The third-order valence-electron chi connectivity index (χ3n) is 2.91. The molecule has 0 aliphatic carbocycles. The van der Waals surface area contributed by atoms with E-state index in [2.05, 4.69) is 15.9 Å². The summed E-state index contributed by atoms with van der Waals surface area (Å²) in [6, 6.07) is 5.19. The minimum absolute atomic E-state index is 0.310. The molecule has 0 bridgehead atoms. The first-order chi connectivity index (χ1) is 8.72. The Kier molecular flexibility index (Phi) is 3.43. The highest BCUT2D eigenvalue weighted by Gasteiger charge is 2.41. The zero-order valence-electron chi connectivity index (χ0n) is 11.4. The third-order valence-corrected chi connectivity index (χ3v) is 3.57. The number of carbonyl (C=O) groups is 2. The van der Waals surface area contributed by atoms with Crippen molar-refractivity contribution in [2.75, 3.05) is 0 Å². The van der Waals surface area contributed by atoms with Gasteiger partial charge in [0, 0.05) is 4.47 Å². The molecule has 0 fully saturated rings. The molecule has 0 spiro atoms. The summed E-state index contributed by atoms with van der Waals surface area (Å²) in [5, 5.41) is 0. The lowest BCUT2D eigenvalue weighted by Crippen LogP contribution is -2.38. The van der Waals surface area contributed by atoms with Crippen molar-refractivity contribution < 1.29 is 14.3 Å². The average molecular weight is 326 g/mol. The molecule has 0 saturated heterocycles. The molecule has 19 heavy (non-hydrogen) atoms. The van der Waals surface area contributed by atoms with Gasteiger partial charge in [-0.25, -0.2) is 9.69 Å². The molecule has 1 heterocycles. The maximum Gasteiger partial charge on any atom is 0.417 e. The Bertz CT molecular complexity index is 548. The maximum absolute atomic E-state index is 12.4. The molecule has 1 aliphatic heterocycles. The Morgan fingerprint density at radius 1 is 1.37 bits per heavy atom. The smallest absolute Gasteiger partial charge is 0.417 e. The number of halogens is 1. The molecular formula is C14H16BrNO3. The summed E-state index contributed by atoms with van der Waals surface area (Å²) in [7, 11) is 0. The van der Waals surface area contributed by atoms with E-state index in [4.69, 9.17) is 4.74 Å². The first kappa shape index (κ1) is 14.1. The van der Waals surface area contributed by atoms with Gasteiger partial charge < -0.3 is 4.74 Å². The van der Waals surface area contributed by atoms with E-state index >= 15 is 0 Å². The van der Waals surface area contributed by atoms with Crippen LogP contribution in [0.25, 0.3) is 0 Å². The Balaban J connectivity index is 2.35. The van der Waals surface area contributed by atoms with Gasteiger partial charge in [-0.15, -0.1) is 0 Å². The second-order valence-electron chi connectivity index (χ2n) is 5.54. The second kappa shape index (κ2) is 4.63. The highest BCUT2D eigenvalue weighted by atomic mass is 79.9. The zero-order valence-corrected chi connectivity index (χ0v) is 12.9. The SMILES string of the molecule is CC1c2cccc(Br)c2C(=O)N1C(=O)OC(C)(C)C. The minimum Gasteiger partial charge on any atom is -0.443 e. The fraction of sp³-hybridized carbons (Fsp3) is 0.429. The van der Waals surface area contributed by atoms with E-state index in [0.717, 1.165) is 5.56 Å². The Morgan fingerprint density at radius 2 is 2.00 bits per heavy atom. The molecule has 2 amide bonds. The Morgan fingerprint density at radius 3 is 2.53 bits per heavy atom. The number of hydrogen-bond donors (Lipinski definition) is 0. The maximum atomic E-state index is 12.4. The van der Waals surface area contributed by atoms with Gasteiger partial charge in [0.05, 0.1) is 11.6 Å². The Labute approximate surface area is 120 Å². The van der Waals surface area contributed by atoms with E-state index in [0.29, 0.717) is 10.0 Å². The fourth-order valence-electron chi connectivity index (χ4n) is 2.10. The summed E-state index contributed by atoms with van der Waals surface area (Å²) in [5.74, 6) is -0.316. The number of hydrogen-bond acceptors (Lipinski definition) is 3. The monoisotopic (exact) mass is 325 g/mol. The molecule has 1 unspecified atom stereocenters. The van der Waals surface area contributed by atoms with Crippen LogP contribution in [0.4, 0.5) is 4.79 Å². The van der Waals surface area contributed by atoms with E-state index in [-0.39, 0.29) is 11.9 Å². The summed E-state index contributed by atoms with van der Waals surface area (Å²) in [6.07, 6.45) is -0.604. The van der Waals surface area contributed by atoms with E-state index in [1.54, 1.807) is 26.8 Å². The van der Waals surface area contributed by atoms with Crippen LogP contribution in [0, 0.1) is 0 Å². The molecule has 1 aromatic rings. The zero-order chi connectivity index (χ0) is 14.4. The summed E-state index contributed by atoms with van der Waals surface area (Å²) in [4.78, 5) is 25.6. The van der Waals surface area contributed by atoms with E-state index in [9.17, 15) is 9.59 Å². The summed E-state index contributed by atoms with van der Waals surface area (Å²) < 4.78 is 5.99. The molecule has 1 atom stereocenters. The van der Waals surface area contributed by atoms with Gasteiger partial charge in [-0.2, -0.15) is 0 Å². The number of nitrogens with zero attached hydrogens (tertiary/aromatic N) is 1. The van der Waals surface area contributed by atoms with Gasteiger partial charge >= 0.3 is 6.09 Å². The molecular weight excluding hydrogens is 310 g/mol. The average Bonchev–Trinajstić information content (AvgIpc) is 2.50. The predicted octanol–water partition coefficient (Wildman–Crippen LogP) is 3.90. The first-order valence-corrected chi connectivity index (χ1v) is 6.86. The van der Waals surface area contributed by atoms with Crippen LogP contribution < -0.4 is 0 Å². The standard InChI is InChI=1S/C14H16BrNO3/c1-8-9-6-5-7-10(15)11(9)12(17)16(8)13(18)19-14(2,3)4/h5-8H,1-4H3. The number of fused-ring (bicyclic) bond motifs is 1. The number of ether oxygens (including phenoxy) is 1. The van der Waals surface area contributed by atoms with Crippen LogP contribution in [0.3, 0.4) is 0 Å². The molecule has 0 aromatic heterocycles. The molecule has 0 saturated carbocycles. The lowest BCUT2D eigenvalue weighted by molar-refractivity contribution is 0.0203. The number of imide groups is 1. The molecule has 5 heteroatoms. The van der Waals surface area contributed by atoms with Crippen molar-refractivity contribution in [3.05, 3.63) is 33.8 Å². The van der Waals surface area contributed by atoms with Crippen LogP contribution in [0.1, 0.15) is 49.7 Å². The molecule has 1 aliphatic rings. The highest BCUT2D eigenvalue weighted by molar-refractivity contribution is 9.10. The van der Waals surface area contributed by atoms with Crippen LogP contribution in [0.5, 0.6) is 0 Å². The minimum atomic E-state index is -0.622. The number of benzene rings is 1. The number of carbonyl (C=O) groups excluding carboxylic acids is 2. The summed E-state index contributed by atoms with van der Waals surface area (Å²) >= 11 is 3.35. The lowest BCUT2D eigenvalue weighted by Gasteiger charge is -2.25. The van der Waals surface area contributed by atoms with Gasteiger partial charge in [0.1, 0.15) is 5.60 Å². The second-order valence-corrected chi connectivity index (χ2v) is 6.39. The van der Waals surface area contributed by atoms with Crippen LogP contribution in [0.15, 0.2) is 22.7 Å². The first-order valence-electron chi connectivity index (χ1n) is 6.07. The van der Waals surface area contributed by atoms with Crippen molar-refractivity contribution in [2.45, 2.75) is 39.3 Å². The van der Waals surface area contributed by atoms with E-state index < -0.39 is 11.7 Å². The predicted molar refractivity (Wildman–Crippen MR) is 75.0 cm³/mol. The third kappa shape index (κ3) is 2.52. The highest BCUT2D eigenvalue weighted by Crippen LogP contribution is 2.37. The lowest BCUT2D eigenvalue weighted by atomic mass is 10.1. The van der Waals surface area contributed by atoms with Crippen molar-refractivity contribution >= 4 is 27.9 Å². The number of rotatable bonds is 0. The van der Waals surface area contributed by atoms with Gasteiger partial charge in [-0.1, -0.05) is 12.1 Å². The molecule has 4 nitrogen and oxygen atoms in total. The number of amides is 2. The molecule has 2 rings (SSSR count). The molecule has 0 radical (unpaired) electrons. The van der Waals surface area contributed by atoms with Crippen LogP contribution in [0.2, 0.25) is 0 Å². The topological polar surface area (TPSA) is 46.6 Å². The fourth-order valence-corrected chi connectivity index (χ4v) is 2.65. The van der Waals surface area contributed by atoms with Crippen LogP contribution >= 0.6 is 15.9 Å². The normalized spacial score (nSPS) is 18.5. The molecule has 102 valence electrons. The van der Waals surface area contributed by atoms with Crippen molar-refractivity contribution in [1.82, 2.24) is 4.90 Å². The quantitative estimate of drug-likeness (QED) is 0.726. The summed E-state index contributed by atoms with van der Waals surface area (Å²) in [6.45, 7) is 7.15.